The summed E-state index contributed by atoms with van der Waals surface area (Å²) < 4.78 is 2.35. The minimum atomic E-state index is 0. The summed E-state index contributed by atoms with van der Waals surface area (Å²) in [6.45, 7) is 4.24. The van der Waals surface area contributed by atoms with E-state index >= 15 is 0 Å². The number of aromatic amines is 1. The van der Waals surface area contributed by atoms with E-state index in [1.807, 2.05) is 286 Å². The summed E-state index contributed by atoms with van der Waals surface area (Å²) in [6.07, 6.45) is 12.9. The second-order valence-electron chi connectivity index (χ2n) is 33.2. The van der Waals surface area contributed by atoms with Crippen molar-refractivity contribution in [3.05, 3.63) is 556 Å². The van der Waals surface area contributed by atoms with Crippen LogP contribution in [-0.2, 0) is 94.2 Å². The summed E-state index contributed by atoms with van der Waals surface area (Å²) in [5.41, 5.74) is 35.1. The van der Waals surface area contributed by atoms with Gasteiger partial charge in [-0.25, -0.2) is 0 Å². The molecule has 3 radical (unpaired) electrons. The van der Waals surface area contributed by atoms with Gasteiger partial charge in [0.1, 0.15) is 11.6 Å². The van der Waals surface area contributed by atoms with Crippen LogP contribution < -0.4 is 4.90 Å². The minimum Gasteiger partial charge on any atom is -0.353 e. The Morgan fingerprint density at radius 2 is 0.594 bits per heavy atom. The van der Waals surface area contributed by atoms with Crippen LogP contribution in [0.25, 0.3) is 162 Å². The third kappa shape index (κ3) is 23.8. The number of aryl methyl sites for hydroxylation is 2. The zero-order valence-corrected chi connectivity index (χ0v) is 87.2. The topological polar surface area (TPSA) is 127 Å². The Morgan fingerprint density at radius 3 is 0.972 bits per heavy atom. The summed E-state index contributed by atoms with van der Waals surface area (Å²) in [4.78, 5) is 42.6. The number of hydrogen-bond donors (Lipinski definition) is 1. The molecular formula is C128H89Ir3N11Pt-6. The van der Waals surface area contributed by atoms with Gasteiger partial charge in [-0.05, 0) is 152 Å². The van der Waals surface area contributed by atoms with Crippen molar-refractivity contribution in [2.75, 3.05) is 4.90 Å². The number of hydrogen-bond acceptors (Lipinski definition) is 9. The fourth-order valence-corrected chi connectivity index (χ4v) is 17.4. The molecule has 1 N–H and O–H groups in total. The molecule has 0 spiro atoms. The van der Waals surface area contributed by atoms with Crippen LogP contribution in [0.4, 0.5) is 17.3 Å². The van der Waals surface area contributed by atoms with Crippen LogP contribution in [0.2, 0.25) is 0 Å². The number of rotatable bonds is 11. The first-order chi connectivity index (χ1) is 68.8. The monoisotopic (exact) mass is 2550 g/mol. The van der Waals surface area contributed by atoms with Crippen molar-refractivity contribution in [2.24, 2.45) is 0 Å². The summed E-state index contributed by atoms with van der Waals surface area (Å²) in [6, 6.07) is 173. The molecule has 0 aliphatic carbocycles. The largest absolute Gasteiger partial charge is 2.00 e. The van der Waals surface area contributed by atoms with Crippen molar-refractivity contribution >= 4 is 60.9 Å². The third-order valence-electron chi connectivity index (χ3n) is 24.1. The first-order valence-electron chi connectivity index (χ1n) is 46.2. The predicted octanol–water partition coefficient (Wildman–Crippen LogP) is 30.7. The molecule has 12 heterocycles. The Balaban J connectivity index is 0.000000124. The number of H-pyrrole nitrogens is 1. The number of para-hydroxylation sites is 3. The predicted molar refractivity (Wildman–Crippen MR) is 566 cm³/mol. The van der Waals surface area contributed by atoms with E-state index in [4.69, 9.17) is 9.97 Å². The molecule has 24 aromatic rings. The van der Waals surface area contributed by atoms with Crippen molar-refractivity contribution in [3.63, 3.8) is 0 Å². The van der Waals surface area contributed by atoms with Gasteiger partial charge in [0, 0.05) is 154 Å². The van der Waals surface area contributed by atoms with Gasteiger partial charge in [-0.15, -0.1) is 287 Å². The maximum absolute atomic E-state index is 5.16. The van der Waals surface area contributed by atoms with Gasteiger partial charge in [0.2, 0.25) is 0 Å². The van der Waals surface area contributed by atoms with E-state index in [0.29, 0.717) is 0 Å². The van der Waals surface area contributed by atoms with E-state index in [0.717, 1.165) is 131 Å². The quantitative estimate of drug-likeness (QED) is 0.126. The molecule has 699 valence electrons. The van der Waals surface area contributed by atoms with Crippen LogP contribution in [-0.4, -0.2) is 49.4 Å². The normalized spacial score (nSPS) is 10.9. The van der Waals surface area contributed by atoms with E-state index in [2.05, 4.69) is 277 Å². The molecule has 0 saturated carbocycles. The molecule has 0 amide bonds. The molecular weight excluding hydrogens is 2460 g/mol. The average Bonchev–Trinajstić information content (AvgIpc) is 1.64. The molecule has 0 atom stereocenters. The smallest absolute Gasteiger partial charge is 0.353 e. The number of anilines is 3. The van der Waals surface area contributed by atoms with Gasteiger partial charge in [0.05, 0.1) is 22.2 Å². The van der Waals surface area contributed by atoms with Gasteiger partial charge < -0.3 is 39.5 Å². The molecule has 143 heavy (non-hydrogen) atoms. The fourth-order valence-electron chi connectivity index (χ4n) is 17.4. The van der Waals surface area contributed by atoms with Crippen LogP contribution in [0.1, 0.15) is 33.4 Å². The minimum absolute atomic E-state index is 0. The van der Waals surface area contributed by atoms with E-state index in [1.54, 1.807) is 18.6 Å². The number of fused-ring (bicyclic) bond motifs is 10. The molecule has 14 aromatic carbocycles. The van der Waals surface area contributed by atoms with Crippen LogP contribution in [0.3, 0.4) is 0 Å². The first kappa shape index (κ1) is 100. The van der Waals surface area contributed by atoms with Crippen molar-refractivity contribution in [3.8, 4) is 118 Å². The number of pyridine rings is 8. The van der Waals surface area contributed by atoms with Crippen LogP contribution in [0.5, 0.6) is 0 Å². The van der Waals surface area contributed by atoms with Crippen molar-refractivity contribution in [1.29, 1.82) is 0 Å². The number of nitrogens with one attached hydrogen (secondary N) is 1. The van der Waals surface area contributed by atoms with Gasteiger partial charge >= 0.3 is 21.1 Å². The second-order valence-corrected chi connectivity index (χ2v) is 33.2. The van der Waals surface area contributed by atoms with Crippen molar-refractivity contribution in [2.45, 2.75) is 26.7 Å². The SMILES string of the molecule is Cc1cc(-c2[c-]cccc2)ncc1-c1ccccc1.Cc1cc(-c2[c-]cccc2)ncc1-c1ccccc1.[Ir].[Ir].[Ir].[Pt+2].[c-]1ccccc1-c1cc2c(cn1)[nH]c1cc3c(cc12)c1ccccc1n3-c1ccccc1.[c-]1ccccc1-c1ccc2c(n1)N1c3nc(-c4[c-]cccc4)ccc3Cc3cccc(c31)C2.[c-]1ccccc1-c1ccccn1.[c-]1ccccc1-c1ccccn1.[c-]1ccccc1-c1ccccn1. The third-order valence-corrected chi connectivity index (χ3v) is 24.1. The maximum Gasteiger partial charge on any atom is 2.00 e. The molecule has 0 unspecified atom stereocenters. The second kappa shape index (κ2) is 48.9. The molecule has 15 heteroatoms. The molecule has 10 aromatic heterocycles. The molecule has 2 aliphatic heterocycles. The average molecular weight is 2550 g/mol. The fraction of sp³-hybridized carbons (Fsp3) is 0.0312. The van der Waals surface area contributed by atoms with Crippen LogP contribution in [0.15, 0.2) is 474 Å². The Morgan fingerprint density at radius 1 is 0.252 bits per heavy atom. The number of nitrogens with zero attached hydrogens (tertiary/aromatic N) is 10. The molecule has 0 saturated heterocycles. The van der Waals surface area contributed by atoms with Gasteiger partial charge in [-0.2, -0.15) is 0 Å². The summed E-state index contributed by atoms with van der Waals surface area (Å²) in [7, 11) is 0. The summed E-state index contributed by atoms with van der Waals surface area (Å²) >= 11 is 0. The molecule has 26 rings (SSSR count). The molecule has 2 aliphatic rings. The van der Waals surface area contributed by atoms with Gasteiger partial charge in [0.15, 0.2) is 0 Å². The van der Waals surface area contributed by atoms with E-state index in [1.165, 1.54) is 93.9 Å². The number of aromatic nitrogens is 10. The molecule has 0 fully saturated rings. The van der Waals surface area contributed by atoms with Gasteiger partial charge in [-0.1, -0.05) is 194 Å². The molecule has 11 nitrogen and oxygen atoms in total. The molecule has 0 bridgehead atoms. The first-order valence-corrected chi connectivity index (χ1v) is 46.2. The van der Waals surface area contributed by atoms with Gasteiger partial charge in [0.25, 0.3) is 0 Å². The van der Waals surface area contributed by atoms with E-state index in [-0.39, 0.29) is 81.4 Å². The maximum atomic E-state index is 5.16. The van der Waals surface area contributed by atoms with Crippen LogP contribution >= 0.6 is 0 Å². The van der Waals surface area contributed by atoms with E-state index < -0.39 is 0 Å². The van der Waals surface area contributed by atoms with Crippen molar-refractivity contribution in [1.82, 2.24) is 49.4 Å². The standard InChI is InChI=1S/C30H19N3.C29H18N3.2C18H14N.3C11H8N.3Ir.Pt/c1-3-8-20(9-4-1)26-16-14-24-18-22-12-7-13-23-19-25-15-17-27(21-10-5-2-6-11-21)32-30(25)33(28(22)23)29(24)31-26;1-3-9-19(10-4-1)25-16-23-22-15-24-21-13-7-8-14-28(21)32(20-11-5-2-6-12-20)29(24)17-26(22)31-27(23)18-30-25;2*1-14-12-18(16-10-6-3-7-11-16)19-13-17(14)15-8-4-2-5-9-15;3*1-2-6-10(7-3-1)11-8-4-5-9-12-11;;;;/h1-8,10,12-17H,18-19H2;1-9,11-18,31H;2*2-10,12-13H,1H3;3*1-6,8-9H;;;;/q-2;6*-1;;;;+2. The zero-order valence-electron chi connectivity index (χ0n) is 77.7. The summed E-state index contributed by atoms with van der Waals surface area (Å²) in [5, 5.41) is 4.90. The van der Waals surface area contributed by atoms with Gasteiger partial charge in [-0.3, -0.25) is 14.9 Å². The Labute approximate surface area is 889 Å². The Bertz CT molecular complexity index is 7680. The van der Waals surface area contributed by atoms with E-state index in [9.17, 15) is 0 Å². The Hall–Kier alpha value is -15.7. The van der Waals surface area contributed by atoms with Crippen LogP contribution in [0, 0.1) is 62.4 Å². The summed E-state index contributed by atoms with van der Waals surface area (Å²) in [5.74, 6) is 1.93. The zero-order chi connectivity index (χ0) is 93.7. The Kier molecular flexibility index (Phi) is 34.3. The number of benzene rings is 14. The van der Waals surface area contributed by atoms with Crippen molar-refractivity contribution < 1.29 is 81.4 Å².